The Kier molecular flexibility index (Phi) is 4.47. The number of benzene rings is 1. The van der Waals surface area contributed by atoms with Crippen LogP contribution >= 0.6 is 0 Å². The van der Waals surface area contributed by atoms with Crippen LogP contribution in [0.5, 0.6) is 5.75 Å². The molecule has 1 rings (SSSR count). The van der Waals surface area contributed by atoms with Crippen LogP contribution in [0.25, 0.3) is 0 Å². The first-order valence-corrected chi connectivity index (χ1v) is 4.96. The molecule has 6 heteroatoms. The summed E-state index contributed by atoms with van der Waals surface area (Å²) in [6.45, 7) is -0.0825. The number of hydrogen-bond acceptors (Lipinski definition) is 4. The monoisotopic (exact) mass is 238 g/mol. The fourth-order valence-corrected chi connectivity index (χ4v) is 1.14. The molecule has 4 N–H and O–H groups in total. The van der Waals surface area contributed by atoms with E-state index in [0.29, 0.717) is 11.3 Å². The second kappa shape index (κ2) is 5.86. The maximum atomic E-state index is 10.9. The number of likely N-dealkylation sites (N-methyl/N-ethyl adjacent to an activating group) is 1. The third-order valence-electron chi connectivity index (χ3n) is 2.15. The summed E-state index contributed by atoms with van der Waals surface area (Å²) in [6, 6.07) is 5.20. The van der Waals surface area contributed by atoms with E-state index >= 15 is 0 Å². The van der Waals surface area contributed by atoms with Gasteiger partial charge in [-0.05, 0) is 17.7 Å². The number of hydrogen-bond donors (Lipinski definition) is 3. The molecule has 0 heterocycles. The van der Waals surface area contributed by atoms with Crippen molar-refractivity contribution >= 4 is 11.9 Å². The van der Waals surface area contributed by atoms with Gasteiger partial charge in [0, 0.05) is 7.05 Å². The van der Waals surface area contributed by atoms with E-state index in [1.807, 2.05) is 0 Å². The molecule has 1 unspecified atom stereocenters. The zero-order valence-electron chi connectivity index (χ0n) is 9.34. The highest BCUT2D eigenvalue weighted by molar-refractivity contribution is 5.77. The maximum Gasteiger partial charge on any atom is 0.325 e. The van der Waals surface area contributed by atoms with Crippen LogP contribution in [0, 0.1) is 0 Å². The van der Waals surface area contributed by atoms with Gasteiger partial charge in [0.25, 0.3) is 5.91 Å². The normalized spacial score (nSPS) is 11.6. The van der Waals surface area contributed by atoms with Gasteiger partial charge in [0.1, 0.15) is 11.8 Å². The number of carboxylic acid groups (broad SMARTS) is 1. The number of nitrogens with one attached hydrogen (secondary N) is 1. The number of carboxylic acids is 1. The molecule has 0 aliphatic heterocycles. The molecule has 1 atom stereocenters. The molecule has 92 valence electrons. The number of carbonyl (C=O) groups is 2. The highest BCUT2D eigenvalue weighted by atomic mass is 16.5. The molecule has 0 fully saturated rings. The predicted octanol–water partition coefficient (Wildman–Crippen LogP) is -0.104. The van der Waals surface area contributed by atoms with E-state index in [9.17, 15) is 9.59 Å². The lowest BCUT2D eigenvalue weighted by molar-refractivity contribution is -0.138. The lowest BCUT2D eigenvalue weighted by atomic mass is 10.1. The van der Waals surface area contributed by atoms with Crippen LogP contribution in [-0.2, 0) is 9.59 Å². The molecule has 1 aromatic carbocycles. The molecule has 0 aromatic heterocycles. The van der Waals surface area contributed by atoms with E-state index in [0.717, 1.165) is 0 Å². The van der Waals surface area contributed by atoms with Gasteiger partial charge in [0.2, 0.25) is 0 Å². The van der Waals surface area contributed by atoms with Crippen molar-refractivity contribution in [3.63, 3.8) is 0 Å². The Labute approximate surface area is 98.4 Å². The standard InChI is InChI=1S/C11H14N2O4/c1-13-9(14)6-17-8-4-2-7(3-5-8)10(12)11(15)16/h2-5,10H,6,12H2,1H3,(H,13,14)(H,15,16). The number of ether oxygens (including phenoxy) is 1. The molecule has 6 nitrogen and oxygen atoms in total. The number of aliphatic carboxylic acids is 1. The Hall–Kier alpha value is -2.08. The Bertz CT molecular complexity index is 402. The van der Waals surface area contributed by atoms with Gasteiger partial charge in [0.05, 0.1) is 0 Å². The van der Waals surface area contributed by atoms with E-state index in [-0.39, 0.29) is 12.5 Å². The minimum Gasteiger partial charge on any atom is -0.484 e. The average molecular weight is 238 g/mol. The van der Waals surface area contributed by atoms with Gasteiger partial charge in [-0.3, -0.25) is 9.59 Å². The predicted molar refractivity (Wildman–Crippen MR) is 60.6 cm³/mol. The molecular formula is C11H14N2O4. The number of amides is 1. The Balaban J connectivity index is 2.62. The summed E-state index contributed by atoms with van der Waals surface area (Å²) in [5, 5.41) is 11.1. The van der Waals surface area contributed by atoms with Crippen molar-refractivity contribution in [1.82, 2.24) is 5.32 Å². The Morgan fingerprint density at radius 1 is 1.41 bits per heavy atom. The number of rotatable bonds is 5. The fraction of sp³-hybridized carbons (Fsp3) is 0.273. The average Bonchev–Trinajstić information content (AvgIpc) is 2.35. The van der Waals surface area contributed by atoms with Gasteiger partial charge in [0.15, 0.2) is 6.61 Å². The van der Waals surface area contributed by atoms with Gasteiger partial charge in [-0.15, -0.1) is 0 Å². The minimum absolute atomic E-state index is 0.0825. The summed E-state index contributed by atoms with van der Waals surface area (Å²) in [5.74, 6) is -0.852. The second-order valence-electron chi connectivity index (χ2n) is 3.35. The Morgan fingerprint density at radius 3 is 2.47 bits per heavy atom. The summed E-state index contributed by atoms with van der Waals surface area (Å²) in [5.41, 5.74) is 5.90. The number of carbonyl (C=O) groups excluding carboxylic acids is 1. The van der Waals surface area contributed by atoms with Gasteiger partial charge in [-0.1, -0.05) is 12.1 Å². The highest BCUT2D eigenvalue weighted by Gasteiger charge is 2.13. The molecule has 1 aromatic rings. The molecule has 17 heavy (non-hydrogen) atoms. The van der Waals surface area contributed by atoms with Crippen LogP contribution in [0.4, 0.5) is 0 Å². The molecule has 0 saturated carbocycles. The molecular weight excluding hydrogens is 224 g/mol. The molecule has 0 aliphatic carbocycles. The van der Waals surface area contributed by atoms with E-state index < -0.39 is 12.0 Å². The minimum atomic E-state index is -1.09. The lowest BCUT2D eigenvalue weighted by Gasteiger charge is -2.08. The fourth-order valence-electron chi connectivity index (χ4n) is 1.14. The van der Waals surface area contributed by atoms with Crippen molar-refractivity contribution in [3.8, 4) is 5.75 Å². The largest absolute Gasteiger partial charge is 0.484 e. The van der Waals surface area contributed by atoms with Crippen molar-refractivity contribution in [2.75, 3.05) is 13.7 Å². The topological polar surface area (TPSA) is 102 Å². The third-order valence-corrected chi connectivity index (χ3v) is 2.15. The summed E-state index contributed by atoms with van der Waals surface area (Å²) >= 11 is 0. The van der Waals surface area contributed by atoms with Crippen LogP contribution < -0.4 is 15.8 Å². The summed E-state index contributed by atoms with van der Waals surface area (Å²) in [6.07, 6.45) is 0. The third kappa shape index (κ3) is 3.76. The second-order valence-corrected chi connectivity index (χ2v) is 3.35. The SMILES string of the molecule is CNC(=O)COc1ccc(C(N)C(=O)O)cc1. The summed E-state index contributed by atoms with van der Waals surface area (Å²) < 4.78 is 5.15. The van der Waals surface area contributed by atoms with Gasteiger partial charge < -0.3 is 20.9 Å². The first kappa shape index (κ1) is 13.0. The van der Waals surface area contributed by atoms with Crippen molar-refractivity contribution < 1.29 is 19.4 Å². The van der Waals surface area contributed by atoms with Crippen molar-refractivity contribution in [3.05, 3.63) is 29.8 Å². The maximum absolute atomic E-state index is 10.9. The molecule has 0 aliphatic rings. The van der Waals surface area contributed by atoms with Gasteiger partial charge in [-0.25, -0.2) is 0 Å². The highest BCUT2D eigenvalue weighted by Crippen LogP contribution is 2.16. The molecule has 1 amide bonds. The molecule has 0 spiro atoms. The van der Waals surface area contributed by atoms with Crippen LogP contribution in [0.2, 0.25) is 0 Å². The van der Waals surface area contributed by atoms with Crippen molar-refractivity contribution in [2.45, 2.75) is 6.04 Å². The molecule has 0 bridgehead atoms. The quantitative estimate of drug-likeness (QED) is 0.664. The van der Waals surface area contributed by atoms with Crippen LogP contribution in [-0.4, -0.2) is 30.6 Å². The summed E-state index contributed by atoms with van der Waals surface area (Å²) in [7, 11) is 1.51. The van der Waals surface area contributed by atoms with Gasteiger partial charge in [-0.2, -0.15) is 0 Å². The van der Waals surface area contributed by atoms with Crippen molar-refractivity contribution in [2.24, 2.45) is 5.73 Å². The molecule has 0 radical (unpaired) electrons. The van der Waals surface area contributed by atoms with E-state index in [1.54, 1.807) is 24.3 Å². The number of nitrogens with two attached hydrogens (primary N) is 1. The zero-order chi connectivity index (χ0) is 12.8. The van der Waals surface area contributed by atoms with Crippen LogP contribution in [0.15, 0.2) is 24.3 Å². The van der Waals surface area contributed by atoms with Gasteiger partial charge >= 0.3 is 5.97 Å². The van der Waals surface area contributed by atoms with Crippen LogP contribution in [0.3, 0.4) is 0 Å². The first-order valence-electron chi connectivity index (χ1n) is 4.96. The van der Waals surface area contributed by atoms with Crippen molar-refractivity contribution in [1.29, 1.82) is 0 Å². The van der Waals surface area contributed by atoms with E-state index in [1.165, 1.54) is 7.05 Å². The summed E-state index contributed by atoms with van der Waals surface area (Å²) in [4.78, 5) is 21.5. The lowest BCUT2D eigenvalue weighted by Crippen LogP contribution is -2.24. The molecule has 0 saturated heterocycles. The van der Waals surface area contributed by atoms with E-state index in [2.05, 4.69) is 5.32 Å². The van der Waals surface area contributed by atoms with Crippen LogP contribution in [0.1, 0.15) is 11.6 Å². The first-order chi connectivity index (χ1) is 8.04. The zero-order valence-corrected chi connectivity index (χ0v) is 9.34. The van der Waals surface area contributed by atoms with E-state index in [4.69, 9.17) is 15.6 Å². The Morgan fingerprint density at radius 2 is 2.00 bits per heavy atom. The smallest absolute Gasteiger partial charge is 0.325 e.